The second-order valence-electron chi connectivity index (χ2n) is 10.5. The largest absolute Gasteiger partial charge is 0.390 e. The fourth-order valence-corrected chi connectivity index (χ4v) is 6.80. The van der Waals surface area contributed by atoms with Crippen molar-refractivity contribution in [1.82, 2.24) is 25.1 Å². The van der Waals surface area contributed by atoms with Gasteiger partial charge in [-0.05, 0) is 42.2 Å². The Morgan fingerprint density at radius 3 is 2.45 bits per heavy atom. The Kier molecular flexibility index (Phi) is 9.19. The molecular formula is C29H32ClN5O6S. The van der Waals surface area contributed by atoms with Crippen molar-refractivity contribution >= 4 is 33.4 Å². The van der Waals surface area contributed by atoms with Crippen LogP contribution in [-0.2, 0) is 32.9 Å². The summed E-state index contributed by atoms with van der Waals surface area (Å²) in [5.74, 6) is -1.64. The molecule has 4 atom stereocenters. The molecule has 2 amide bonds. The zero-order chi connectivity index (χ0) is 29.9. The number of hydroxylamine groups is 1. The molecule has 2 aliphatic rings. The van der Waals surface area contributed by atoms with Crippen molar-refractivity contribution in [2.24, 2.45) is 0 Å². The Bertz CT molecular complexity index is 1540. The lowest BCUT2D eigenvalue weighted by Gasteiger charge is -2.49. The molecule has 13 heteroatoms. The van der Waals surface area contributed by atoms with Crippen LogP contribution in [0.4, 0.5) is 0 Å². The molecule has 11 nitrogen and oxygen atoms in total. The third kappa shape index (κ3) is 6.63. The molecule has 3 aromatic rings. The van der Waals surface area contributed by atoms with Crippen LogP contribution in [0, 0.1) is 0 Å². The summed E-state index contributed by atoms with van der Waals surface area (Å²) in [6.45, 7) is -0.315. The lowest BCUT2D eigenvalue weighted by Crippen LogP contribution is -2.59. The number of nitrogens with zero attached hydrogens (tertiary/aromatic N) is 3. The van der Waals surface area contributed by atoms with Gasteiger partial charge >= 0.3 is 0 Å². The topological polar surface area (TPSA) is 151 Å². The molecule has 222 valence electrons. The van der Waals surface area contributed by atoms with Crippen molar-refractivity contribution in [3.8, 4) is 0 Å². The first-order valence-corrected chi connectivity index (χ1v) is 15.9. The van der Waals surface area contributed by atoms with E-state index in [0.717, 1.165) is 19.1 Å². The van der Waals surface area contributed by atoms with Crippen LogP contribution in [-0.4, -0.2) is 58.5 Å². The molecule has 0 spiro atoms. The van der Waals surface area contributed by atoms with E-state index in [9.17, 15) is 23.1 Å². The number of nitrogens with one attached hydrogen (secondary N) is 2. The molecule has 2 aromatic carbocycles. The number of carbonyl (C=O) groups is 2. The molecule has 5 rings (SSSR count). The Labute approximate surface area is 249 Å². The van der Waals surface area contributed by atoms with E-state index in [-0.39, 0.29) is 19.1 Å². The smallest absolute Gasteiger partial charge is 0.255 e. The third-order valence-corrected chi connectivity index (χ3v) is 8.62. The minimum atomic E-state index is -3.56. The number of hydrogen-bond donors (Lipinski definition) is 3. The van der Waals surface area contributed by atoms with E-state index in [2.05, 4.69) is 20.2 Å². The van der Waals surface area contributed by atoms with Crippen LogP contribution in [0.2, 0.25) is 5.02 Å². The lowest BCUT2D eigenvalue weighted by molar-refractivity contribution is -0.138. The van der Waals surface area contributed by atoms with Crippen molar-refractivity contribution in [2.45, 2.75) is 62.9 Å². The van der Waals surface area contributed by atoms with E-state index < -0.39 is 40.0 Å². The van der Waals surface area contributed by atoms with Crippen LogP contribution in [0.15, 0.2) is 60.9 Å². The highest BCUT2D eigenvalue weighted by atomic mass is 35.5. The van der Waals surface area contributed by atoms with Gasteiger partial charge in [-0.3, -0.25) is 24.4 Å². The summed E-state index contributed by atoms with van der Waals surface area (Å²) in [5, 5.41) is 9.68. The van der Waals surface area contributed by atoms with Crippen LogP contribution in [0.1, 0.15) is 70.5 Å². The monoisotopic (exact) mass is 613 g/mol. The highest BCUT2D eigenvalue weighted by molar-refractivity contribution is 7.88. The minimum absolute atomic E-state index is 0.0734. The van der Waals surface area contributed by atoms with Gasteiger partial charge in [0.2, 0.25) is 10.0 Å². The Hall–Kier alpha value is -3.42. The van der Waals surface area contributed by atoms with Gasteiger partial charge in [-0.15, -0.1) is 0 Å². The van der Waals surface area contributed by atoms with Crippen molar-refractivity contribution in [3.05, 3.63) is 94.0 Å². The number of halogens is 1. The van der Waals surface area contributed by atoms with Crippen LogP contribution in [0.5, 0.6) is 0 Å². The molecule has 0 unspecified atom stereocenters. The second kappa shape index (κ2) is 12.8. The highest BCUT2D eigenvalue weighted by Crippen LogP contribution is 2.46. The van der Waals surface area contributed by atoms with Crippen molar-refractivity contribution in [1.29, 1.82) is 0 Å². The van der Waals surface area contributed by atoms with Crippen molar-refractivity contribution in [3.63, 3.8) is 0 Å². The first-order valence-electron chi connectivity index (χ1n) is 13.6. The summed E-state index contributed by atoms with van der Waals surface area (Å²) in [7, 11) is -3.56. The zero-order valence-corrected chi connectivity index (χ0v) is 24.5. The molecule has 3 N–H and O–H groups in total. The maximum atomic E-state index is 14.2. The van der Waals surface area contributed by atoms with E-state index in [1.165, 1.54) is 12.4 Å². The summed E-state index contributed by atoms with van der Waals surface area (Å²) in [5.41, 5.74) is 4.97. The summed E-state index contributed by atoms with van der Waals surface area (Å²) in [4.78, 5) is 43.6. The summed E-state index contributed by atoms with van der Waals surface area (Å²) in [6, 6.07) is 12.1. The van der Waals surface area contributed by atoms with Gasteiger partial charge in [0.15, 0.2) is 0 Å². The molecule has 1 aromatic heterocycles. The molecular weight excluding hydrogens is 582 g/mol. The van der Waals surface area contributed by atoms with E-state index in [4.69, 9.17) is 16.4 Å². The first kappa shape index (κ1) is 30.1. The summed E-state index contributed by atoms with van der Waals surface area (Å²) in [6.07, 6.45) is 6.73. The van der Waals surface area contributed by atoms with Gasteiger partial charge in [0, 0.05) is 22.7 Å². The van der Waals surface area contributed by atoms with Crippen molar-refractivity contribution < 1.29 is 28.0 Å². The average molecular weight is 614 g/mol. The Morgan fingerprint density at radius 1 is 1.07 bits per heavy atom. The van der Waals surface area contributed by atoms with E-state index >= 15 is 0 Å². The number of sulfonamides is 1. The Morgan fingerprint density at radius 2 is 1.76 bits per heavy atom. The van der Waals surface area contributed by atoms with Crippen LogP contribution in [0.25, 0.3) is 0 Å². The Balaban J connectivity index is 1.53. The van der Waals surface area contributed by atoms with Crippen LogP contribution < -0.4 is 10.2 Å². The minimum Gasteiger partial charge on any atom is -0.390 e. The van der Waals surface area contributed by atoms with Gasteiger partial charge in [-0.25, -0.2) is 18.6 Å². The number of rotatable bonds is 9. The van der Waals surface area contributed by atoms with E-state index in [1.54, 1.807) is 53.4 Å². The molecule has 0 bridgehead atoms. The maximum absolute atomic E-state index is 14.2. The van der Waals surface area contributed by atoms with Crippen LogP contribution in [0.3, 0.4) is 0 Å². The fourth-order valence-electron chi connectivity index (χ4n) is 5.85. The average Bonchev–Trinajstić information content (AvgIpc) is 2.97. The third-order valence-electron chi connectivity index (χ3n) is 7.64. The number of aromatic nitrogens is 2. The number of aliphatic hydroxyl groups excluding tert-OH is 1. The molecule has 2 heterocycles. The molecule has 1 saturated carbocycles. The maximum Gasteiger partial charge on any atom is 0.255 e. The normalized spacial score (nSPS) is 22.5. The number of hydrogen-bond acceptors (Lipinski definition) is 8. The summed E-state index contributed by atoms with van der Waals surface area (Å²) >= 11 is 6.20. The van der Waals surface area contributed by atoms with Crippen LogP contribution >= 0.6 is 11.6 Å². The predicted molar refractivity (Wildman–Crippen MR) is 154 cm³/mol. The zero-order valence-electron chi connectivity index (χ0n) is 22.9. The molecule has 1 fully saturated rings. The number of carbonyl (C=O) groups excluding carboxylic acids is 2. The predicted octanol–water partition coefficient (Wildman–Crippen LogP) is 3.01. The second-order valence-corrected chi connectivity index (χ2v) is 12.8. The fraction of sp³-hybridized carbons (Fsp3) is 0.379. The van der Waals surface area contributed by atoms with E-state index in [0.29, 0.717) is 45.9 Å². The van der Waals surface area contributed by atoms with E-state index in [1.807, 2.05) is 0 Å². The highest BCUT2D eigenvalue weighted by Gasteiger charge is 2.49. The van der Waals surface area contributed by atoms with Gasteiger partial charge in [0.05, 0.1) is 48.6 Å². The van der Waals surface area contributed by atoms with Crippen molar-refractivity contribution in [2.75, 3.05) is 6.26 Å². The molecule has 1 aliphatic carbocycles. The molecule has 0 radical (unpaired) electrons. The molecule has 1 aliphatic heterocycles. The van der Waals surface area contributed by atoms with Gasteiger partial charge in [0.25, 0.3) is 11.8 Å². The number of benzene rings is 2. The lowest BCUT2D eigenvalue weighted by atomic mass is 9.76. The number of fused-ring (bicyclic) bond motifs is 1. The standard InChI is InChI=1S/C29H32ClN5O6S/c1-42(39,40)34-24-8-4-5-9-25(24)35-27(18-10-12-19(30)13-11-18)26(22-6-2-3-7-23(22)29(35)38)28(37)33-41-17-21-15-31-20(16-36)14-32-21/h2-3,6-7,10-15,24-27,34,36H,4-5,8-9,16-17H2,1H3,(H,33,37)/t24-,25-,26+,27-/m0/s1. The number of amides is 2. The molecule has 42 heavy (non-hydrogen) atoms. The quantitative estimate of drug-likeness (QED) is 0.312. The van der Waals surface area contributed by atoms with Gasteiger partial charge in [-0.2, -0.15) is 0 Å². The molecule has 0 saturated heterocycles. The summed E-state index contributed by atoms with van der Waals surface area (Å²) < 4.78 is 27.4. The SMILES string of the molecule is CS(=O)(=O)N[C@H]1CCCC[C@@H]1N1C(=O)c2ccccc2[C@@H](C(=O)NOCc2cnc(CO)cn2)[C@@H]1c1ccc(Cl)cc1. The van der Waals surface area contributed by atoms with Gasteiger partial charge in [0.1, 0.15) is 6.61 Å². The van der Waals surface area contributed by atoms with Gasteiger partial charge < -0.3 is 10.0 Å². The number of aliphatic hydroxyl groups is 1. The van der Waals surface area contributed by atoms with Gasteiger partial charge in [-0.1, -0.05) is 54.8 Å². The first-order chi connectivity index (χ1) is 20.2.